The fraction of sp³-hybridized carbons (Fsp3) is 0.455. The van der Waals surface area contributed by atoms with Gasteiger partial charge in [-0.25, -0.2) is 14.3 Å². The second-order valence-corrected chi connectivity index (χ2v) is 8.68. The maximum atomic E-state index is 13.8. The molecule has 0 unspecified atom stereocenters. The molecule has 0 bridgehead atoms. The first-order valence-electron chi connectivity index (χ1n) is 10.9. The summed E-state index contributed by atoms with van der Waals surface area (Å²) in [5, 5.41) is 11.9. The second kappa shape index (κ2) is 10.2. The Hall–Kier alpha value is -3.14. The predicted octanol–water partition coefficient (Wildman–Crippen LogP) is 2.61. The molecule has 0 radical (unpaired) electrons. The van der Waals surface area contributed by atoms with Gasteiger partial charge in [0.1, 0.15) is 16.9 Å². The number of carbonyl (C=O) groups is 2. The average molecular weight is 478 g/mol. The van der Waals surface area contributed by atoms with Crippen molar-refractivity contribution in [2.75, 3.05) is 18.0 Å². The van der Waals surface area contributed by atoms with Crippen molar-refractivity contribution in [1.29, 1.82) is 0 Å². The number of halogens is 2. The molecule has 176 valence electrons. The molecule has 33 heavy (non-hydrogen) atoms. The Bertz CT molecular complexity index is 1070. The van der Waals surface area contributed by atoms with E-state index in [2.05, 4.69) is 20.8 Å². The van der Waals surface area contributed by atoms with Crippen LogP contribution in [0.5, 0.6) is 0 Å². The lowest BCUT2D eigenvalue weighted by atomic mass is 9.91. The number of carbonyl (C=O) groups excluding carboxylic acids is 2. The Morgan fingerprint density at radius 1 is 1.12 bits per heavy atom. The Labute approximate surface area is 194 Å². The maximum absolute atomic E-state index is 13.8. The minimum absolute atomic E-state index is 0.0316. The third-order valence-electron chi connectivity index (χ3n) is 6.04. The van der Waals surface area contributed by atoms with Gasteiger partial charge >= 0.3 is 6.09 Å². The largest absolute Gasteiger partial charge is 0.444 e. The molecule has 4 rings (SSSR count). The number of anilines is 1. The molecule has 1 saturated heterocycles. The molecule has 1 aromatic heterocycles. The average Bonchev–Trinajstić information content (AvgIpc) is 3.25. The third kappa shape index (κ3) is 5.62. The molecule has 1 aromatic carbocycles. The Kier molecular flexibility index (Phi) is 7.12. The number of alkyl carbamates (subject to hydrolysis) is 1. The Morgan fingerprint density at radius 2 is 1.82 bits per heavy atom. The van der Waals surface area contributed by atoms with Gasteiger partial charge < -0.3 is 20.3 Å². The molecule has 1 saturated carbocycles. The molecule has 1 aliphatic carbocycles. The van der Waals surface area contributed by atoms with Crippen molar-refractivity contribution in [2.45, 2.75) is 50.3 Å². The number of nitrogens with zero attached hydrogens (tertiary/aromatic N) is 2. The second-order valence-electron chi connectivity index (χ2n) is 8.31. The molecule has 0 spiro atoms. The van der Waals surface area contributed by atoms with E-state index in [0.29, 0.717) is 50.9 Å². The fourth-order valence-electron chi connectivity index (χ4n) is 4.28. The van der Waals surface area contributed by atoms with Crippen LogP contribution in [0.1, 0.15) is 42.5 Å². The van der Waals surface area contributed by atoms with Gasteiger partial charge in [0.05, 0.1) is 24.0 Å². The zero-order chi connectivity index (χ0) is 23.4. The number of ether oxygens (including phenoxy) is 1. The van der Waals surface area contributed by atoms with Gasteiger partial charge in [0.15, 0.2) is 0 Å². The summed E-state index contributed by atoms with van der Waals surface area (Å²) in [4.78, 5) is 38.1. The highest BCUT2D eigenvalue weighted by Gasteiger charge is 2.30. The Morgan fingerprint density at radius 3 is 2.55 bits per heavy atom. The molecule has 11 heteroatoms. The molecule has 3 N–H and O–H groups in total. The van der Waals surface area contributed by atoms with Crippen LogP contribution in [0, 0.1) is 5.82 Å². The first-order chi connectivity index (χ1) is 15.9. The van der Waals surface area contributed by atoms with Gasteiger partial charge in [-0.15, -0.1) is 0 Å². The van der Waals surface area contributed by atoms with Crippen molar-refractivity contribution in [1.82, 2.24) is 20.8 Å². The lowest BCUT2D eigenvalue weighted by molar-refractivity contribution is 0.0905. The summed E-state index contributed by atoms with van der Waals surface area (Å²) >= 11 is 6.05. The zero-order valence-electron chi connectivity index (χ0n) is 17.9. The molecule has 2 aromatic rings. The van der Waals surface area contributed by atoms with Crippen LogP contribution < -0.4 is 21.1 Å². The normalized spacial score (nSPS) is 22.6. The quantitative estimate of drug-likeness (QED) is 0.609. The first-order valence-corrected chi connectivity index (χ1v) is 11.3. The van der Waals surface area contributed by atoms with E-state index in [-0.39, 0.29) is 28.8 Å². The molecular weight excluding hydrogens is 453 g/mol. The van der Waals surface area contributed by atoms with Crippen molar-refractivity contribution in [3.8, 4) is 0 Å². The molecule has 2 amide bonds. The maximum Gasteiger partial charge on any atom is 0.407 e. The van der Waals surface area contributed by atoms with Crippen LogP contribution in [-0.4, -0.2) is 53.5 Å². The molecule has 1 atom stereocenters. The summed E-state index contributed by atoms with van der Waals surface area (Å²) in [6.45, 7) is 1.02. The van der Waals surface area contributed by atoms with E-state index in [4.69, 9.17) is 16.3 Å². The van der Waals surface area contributed by atoms with Crippen LogP contribution >= 0.6 is 11.6 Å². The first kappa shape index (κ1) is 23.0. The van der Waals surface area contributed by atoms with Crippen LogP contribution in [0.25, 0.3) is 0 Å². The predicted molar refractivity (Wildman–Crippen MR) is 120 cm³/mol. The smallest absolute Gasteiger partial charge is 0.407 e. The van der Waals surface area contributed by atoms with E-state index >= 15 is 0 Å². The highest BCUT2D eigenvalue weighted by atomic mass is 35.5. The van der Waals surface area contributed by atoms with E-state index in [1.807, 2.05) is 4.90 Å². The summed E-state index contributed by atoms with van der Waals surface area (Å²) in [5.41, 5.74) is 0.0868. The third-order valence-corrected chi connectivity index (χ3v) is 6.40. The van der Waals surface area contributed by atoms with Crippen molar-refractivity contribution in [3.63, 3.8) is 0 Å². The number of amides is 2. The number of H-pyrrole nitrogens is 1. The molecule has 1 aliphatic heterocycles. The number of aromatic amines is 1. The number of aromatic nitrogens is 2. The monoisotopic (exact) mass is 477 g/mol. The SMILES string of the molecule is O=C(NC1CCC(NC(=O)c2ccccc2F)CC1)O[C@@H]1CCN(c2cn[nH]c(=O)c2Cl)C1. The molecule has 2 aliphatic rings. The summed E-state index contributed by atoms with van der Waals surface area (Å²) in [7, 11) is 0. The van der Waals surface area contributed by atoms with Crippen molar-refractivity contribution < 1.29 is 18.7 Å². The number of rotatable bonds is 5. The van der Waals surface area contributed by atoms with Crippen molar-refractivity contribution in [3.05, 3.63) is 57.2 Å². The highest BCUT2D eigenvalue weighted by Crippen LogP contribution is 2.26. The fourth-order valence-corrected chi connectivity index (χ4v) is 4.49. The van der Waals surface area contributed by atoms with Gasteiger partial charge in [-0.05, 0) is 37.8 Å². The van der Waals surface area contributed by atoms with Gasteiger partial charge in [-0.3, -0.25) is 9.59 Å². The highest BCUT2D eigenvalue weighted by molar-refractivity contribution is 6.33. The number of nitrogens with one attached hydrogen (secondary N) is 3. The van der Waals surface area contributed by atoms with Gasteiger partial charge in [0, 0.05) is 25.0 Å². The van der Waals surface area contributed by atoms with E-state index in [1.165, 1.54) is 18.3 Å². The van der Waals surface area contributed by atoms with E-state index in [9.17, 15) is 18.8 Å². The van der Waals surface area contributed by atoms with Crippen molar-refractivity contribution >= 4 is 29.3 Å². The summed E-state index contributed by atoms with van der Waals surface area (Å²) in [6.07, 6.45) is 4.01. The van der Waals surface area contributed by atoms with Crippen LogP contribution in [0.15, 0.2) is 35.3 Å². The zero-order valence-corrected chi connectivity index (χ0v) is 18.6. The number of hydrogen-bond acceptors (Lipinski definition) is 6. The molecular formula is C22H25ClFN5O4. The van der Waals surface area contributed by atoms with E-state index in [0.717, 1.165) is 0 Å². The summed E-state index contributed by atoms with van der Waals surface area (Å²) in [6, 6.07) is 5.76. The van der Waals surface area contributed by atoms with Crippen molar-refractivity contribution in [2.24, 2.45) is 0 Å². The van der Waals surface area contributed by atoms with Gasteiger partial charge in [-0.2, -0.15) is 5.10 Å². The minimum Gasteiger partial charge on any atom is -0.444 e. The van der Waals surface area contributed by atoms with Crippen LogP contribution in [0.4, 0.5) is 14.9 Å². The van der Waals surface area contributed by atoms with Crippen LogP contribution in [-0.2, 0) is 4.74 Å². The van der Waals surface area contributed by atoms with Gasteiger partial charge in [0.25, 0.3) is 11.5 Å². The topological polar surface area (TPSA) is 116 Å². The summed E-state index contributed by atoms with van der Waals surface area (Å²) in [5.74, 6) is -0.971. The Balaban J connectivity index is 1.20. The van der Waals surface area contributed by atoms with Gasteiger partial charge in [-0.1, -0.05) is 23.7 Å². The number of hydrogen-bond donors (Lipinski definition) is 3. The lowest BCUT2D eigenvalue weighted by Gasteiger charge is -2.29. The van der Waals surface area contributed by atoms with Crippen LogP contribution in [0.3, 0.4) is 0 Å². The molecule has 2 fully saturated rings. The number of benzene rings is 1. The van der Waals surface area contributed by atoms with Gasteiger partial charge in [0.2, 0.25) is 0 Å². The molecule has 9 nitrogen and oxygen atoms in total. The standard InChI is InChI=1S/C22H25ClFN5O4/c23-19-18(11-25-28-21(19)31)29-10-9-15(12-29)33-22(32)27-14-7-5-13(6-8-14)26-20(30)16-3-1-2-4-17(16)24/h1-4,11,13-15H,5-10,12H2,(H,26,30)(H,27,32)(H,28,31)/t13?,14?,15-/m1/s1. The minimum atomic E-state index is -0.545. The van der Waals surface area contributed by atoms with E-state index < -0.39 is 23.4 Å². The van der Waals surface area contributed by atoms with E-state index in [1.54, 1.807) is 12.1 Å². The summed E-state index contributed by atoms with van der Waals surface area (Å²) < 4.78 is 19.3. The van der Waals surface area contributed by atoms with Crippen LogP contribution in [0.2, 0.25) is 5.02 Å². The molecule has 2 heterocycles. The lowest BCUT2D eigenvalue weighted by Crippen LogP contribution is -2.44.